The van der Waals surface area contributed by atoms with Crippen LogP contribution in [0.3, 0.4) is 0 Å². The normalized spacial score (nSPS) is 28.8. The Hall–Kier alpha value is -3.41. The molecule has 0 spiro atoms. The fourth-order valence-electron chi connectivity index (χ4n) is 4.67. The van der Waals surface area contributed by atoms with E-state index >= 15 is 0 Å². The number of allylic oxidation sites excluding steroid dienone is 1. The zero-order valence-electron chi connectivity index (χ0n) is 15.0. The molecule has 2 saturated heterocycles. The van der Waals surface area contributed by atoms with E-state index in [4.69, 9.17) is 9.47 Å². The number of esters is 1. The highest BCUT2D eigenvalue weighted by atomic mass is 16.5. The van der Waals surface area contributed by atoms with Crippen LogP contribution >= 0.6 is 0 Å². The minimum Gasteiger partial charge on any atom is -0.488 e. The second kappa shape index (κ2) is 6.05. The third kappa shape index (κ3) is 2.17. The van der Waals surface area contributed by atoms with E-state index in [0.29, 0.717) is 16.9 Å². The van der Waals surface area contributed by atoms with Gasteiger partial charge in [-0.25, -0.2) is 4.79 Å². The first kappa shape index (κ1) is 16.7. The molecule has 4 atom stereocenters. The summed E-state index contributed by atoms with van der Waals surface area (Å²) in [6, 6.07) is 16.7. The Morgan fingerprint density at radius 1 is 0.929 bits per heavy atom. The zero-order valence-corrected chi connectivity index (χ0v) is 15.0. The van der Waals surface area contributed by atoms with Gasteiger partial charge in [0.1, 0.15) is 17.4 Å². The van der Waals surface area contributed by atoms with Crippen LogP contribution in [0.15, 0.2) is 60.4 Å². The Labute approximate surface area is 161 Å². The largest absolute Gasteiger partial charge is 0.488 e. The Morgan fingerprint density at radius 2 is 1.57 bits per heavy atom. The van der Waals surface area contributed by atoms with E-state index in [1.165, 1.54) is 7.11 Å². The number of hydrogen-bond acceptors (Lipinski definition) is 5. The molecule has 0 aromatic heterocycles. The van der Waals surface area contributed by atoms with Crippen molar-refractivity contribution in [3.63, 3.8) is 0 Å². The zero-order chi connectivity index (χ0) is 19.4. The van der Waals surface area contributed by atoms with Crippen LogP contribution in [-0.2, 0) is 23.9 Å². The van der Waals surface area contributed by atoms with Gasteiger partial charge in [0.25, 0.3) is 0 Å². The highest BCUT2D eigenvalue weighted by Gasteiger charge is 2.61. The van der Waals surface area contributed by atoms with Crippen molar-refractivity contribution < 1.29 is 23.9 Å². The van der Waals surface area contributed by atoms with Gasteiger partial charge < -0.3 is 9.47 Å². The van der Waals surface area contributed by atoms with Gasteiger partial charge in [0, 0.05) is 0 Å². The van der Waals surface area contributed by atoms with E-state index in [2.05, 4.69) is 5.32 Å². The Balaban J connectivity index is 1.78. The molecule has 3 aliphatic heterocycles. The summed E-state index contributed by atoms with van der Waals surface area (Å²) < 4.78 is 11.3. The van der Waals surface area contributed by atoms with Crippen molar-refractivity contribution >= 4 is 23.4 Å². The number of carbonyl (C=O) groups excluding carboxylic acids is 3. The van der Waals surface area contributed by atoms with Crippen molar-refractivity contribution in [3.8, 4) is 0 Å². The van der Waals surface area contributed by atoms with E-state index in [0.717, 1.165) is 11.1 Å². The molecule has 2 fully saturated rings. The molecule has 3 heterocycles. The smallest absolute Gasteiger partial charge is 0.341 e. The maximum atomic E-state index is 12.7. The van der Waals surface area contributed by atoms with Gasteiger partial charge in [0.2, 0.25) is 11.8 Å². The summed E-state index contributed by atoms with van der Waals surface area (Å²) in [5.41, 5.74) is 2.74. The summed E-state index contributed by atoms with van der Waals surface area (Å²) in [7, 11) is 1.31. The number of amides is 2. The summed E-state index contributed by atoms with van der Waals surface area (Å²) in [4.78, 5) is 37.8. The number of hydrogen-bond donors (Lipinski definition) is 1. The summed E-state index contributed by atoms with van der Waals surface area (Å²) in [6.45, 7) is 0. The van der Waals surface area contributed by atoms with Gasteiger partial charge in [-0.2, -0.15) is 0 Å². The minimum absolute atomic E-state index is 0.290. The van der Waals surface area contributed by atoms with Gasteiger partial charge in [-0.05, 0) is 16.7 Å². The summed E-state index contributed by atoms with van der Waals surface area (Å²) in [5, 5.41) is 2.44. The predicted octanol–water partition coefficient (Wildman–Crippen LogP) is 2.33. The highest BCUT2D eigenvalue weighted by molar-refractivity contribution is 6.18. The van der Waals surface area contributed by atoms with Gasteiger partial charge >= 0.3 is 5.97 Å². The van der Waals surface area contributed by atoms with Gasteiger partial charge in [0.15, 0.2) is 0 Å². The number of benzene rings is 2. The number of fused-ring (bicyclic) bond motifs is 1. The number of carbonyl (C=O) groups is 3. The first-order valence-corrected chi connectivity index (χ1v) is 9.10. The molecule has 4 aliphatic rings. The average Bonchev–Trinajstić information content (AvgIpc) is 3.04. The fourth-order valence-corrected chi connectivity index (χ4v) is 4.67. The topological polar surface area (TPSA) is 81.7 Å². The molecule has 1 aliphatic carbocycles. The molecule has 0 radical (unpaired) electrons. The fraction of sp³-hybridized carbons (Fsp3) is 0.227. The van der Waals surface area contributed by atoms with E-state index < -0.39 is 29.8 Å². The molecule has 6 rings (SSSR count). The molecule has 1 N–H and O–H groups in total. The SMILES string of the molecule is COC(=O)/C(=C1\OC2c3ccccc3C1C1C(=O)NC(=O)C21)c1ccccc1. The molecule has 28 heavy (non-hydrogen) atoms. The number of nitrogens with one attached hydrogen (secondary N) is 1. The first-order valence-electron chi connectivity index (χ1n) is 9.10. The van der Waals surface area contributed by atoms with Crippen LogP contribution in [0, 0.1) is 11.8 Å². The minimum atomic E-state index is -0.615. The van der Waals surface area contributed by atoms with Crippen molar-refractivity contribution in [2.75, 3.05) is 7.11 Å². The third-order valence-electron chi connectivity index (χ3n) is 5.80. The average molecular weight is 375 g/mol. The Bertz CT molecular complexity index is 1040. The molecule has 2 bridgehead atoms. The third-order valence-corrected chi connectivity index (χ3v) is 5.80. The molecule has 2 amide bonds. The number of imide groups is 1. The number of rotatable bonds is 2. The second-order valence-electron chi connectivity index (χ2n) is 7.15. The lowest BCUT2D eigenvalue weighted by atomic mass is 9.64. The molecule has 2 aromatic rings. The Morgan fingerprint density at radius 3 is 2.29 bits per heavy atom. The molecule has 0 saturated carbocycles. The number of methoxy groups -OCH3 is 1. The monoisotopic (exact) mass is 375 g/mol. The standard InChI is InChI=1S/C22H17NO5/c1-27-22(26)14(11-7-3-2-4-8-11)19-15-12-9-5-6-10-13(12)18(28-19)17-16(15)20(24)23-21(17)25/h2-10,15-18H,1H3,(H,23,24,25)/b19-14-. The summed E-state index contributed by atoms with van der Waals surface area (Å²) >= 11 is 0. The van der Waals surface area contributed by atoms with E-state index in [1.807, 2.05) is 42.5 Å². The van der Waals surface area contributed by atoms with Crippen molar-refractivity contribution in [3.05, 3.63) is 77.0 Å². The van der Waals surface area contributed by atoms with Gasteiger partial charge in [-0.15, -0.1) is 0 Å². The lowest BCUT2D eigenvalue weighted by Gasteiger charge is -2.46. The number of ether oxygens (including phenoxy) is 2. The summed E-state index contributed by atoms with van der Waals surface area (Å²) in [5.74, 6) is -2.49. The van der Waals surface area contributed by atoms with Crippen molar-refractivity contribution in [2.24, 2.45) is 11.8 Å². The molecule has 6 nitrogen and oxygen atoms in total. The molecule has 6 heteroatoms. The quantitative estimate of drug-likeness (QED) is 0.495. The van der Waals surface area contributed by atoms with Crippen LogP contribution in [0.2, 0.25) is 0 Å². The van der Waals surface area contributed by atoms with Crippen LogP contribution in [0.1, 0.15) is 28.7 Å². The highest BCUT2D eigenvalue weighted by Crippen LogP contribution is 2.59. The van der Waals surface area contributed by atoms with Crippen LogP contribution in [0.25, 0.3) is 5.57 Å². The first-order chi connectivity index (χ1) is 13.6. The van der Waals surface area contributed by atoms with E-state index in [9.17, 15) is 14.4 Å². The lowest BCUT2D eigenvalue weighted by molar-refractivity contribution is -0.135. The predicted molar refractivity (Wildman–Crippen MR) is 98.5 cm³/mol. The van der Waals surface area contributed by atoms with E-state index in [-0.39, 0.29) is 11.8 Å². The van der Waals surface area contributed by atoms with Crippen LogP contribution in [0.5, 0.6) is 0 Å². The van der Waals surface area contributed by atoms with E-state index in [1.54, 1.807) is 12.1 Å². The van der Waals surface area contributed by atoms with Crippen molar-refractivity contribution in [2.45, 2.75) is 12.0 Å². The van der Waals surface area contributed by atoms with Crippen molar-refractivity contribution in [1.82, 2.24) is 5.32 Å². The van der Waals surface area contributed by atoms with Gasteiger partial charge in [0.05, 0.1) is 24.9 Å². The Kier molecular flexibility index (Phi) is 3.62. The van der Waals surface area contributed by atoms with Crippen LogP contribution < -0.4 is 5.32 Å². The van der Waals surface area contributed by atoms with Crippen molar-refractivity contribution in [1.29, 1.82) is 0 Å². The lowest BCUT2D eigenvalue weighted by Crippen LogP contribution is -2.43. The molecule has 140 valence electrons. The molecule has 4 unspecified atom stereocenters. The molecular formula is C22H17NO5. The van der Waals surface area contributed by atoms with Gasteiger partial charge in [-0.1, -0.05) is 54.6 Å². The van der Waals surface area contributed by atoms with Gasteiger partial charge in [-0.3, -0.25) is 14.9 Å². The summed E-state index contributed by atoms with van der Waals surface area (Å²) in [6.07, 6.45) is -0.615. The molecule has 2 aromatic carbocycles. The second-order valence-corrected chi connectivity index (χ2v) is 7.15. The maximum Gasteiger partial charge on any atom is 0.341 e. The maximum absolute atomic E-state index is 12.7. The van der Waals surface area contributed by atoms with Crippen LogP contribution in [0.4, 0.5) is 0 Å². The molecular weight excluding hydrogens is 358 g/mol. The van der Waals surface area contributed by atoms with Crippen LogP contribution in [-0.4, -0.2) is 24.9 Å².